The van der Waals surface area contributed by atoms with Crippen molar-refractivity contribution in [3.05, 3.63) is 29.8 Å². The van der Waals surface area contributed by atoms with Crippen molar-refractivity contribution < 1.29 is 41.3 Å². The first-order chi connectivity index (χ1) is 11.1. The molecule has 10 heteroatoms. The highest BCUT2D eigenvalue weighted by Gasteiger charge is 2.41. The molecule has 0 aromatic heterocycles. The second-order valence-corrected chi connectivity index (χ2v) is 5.21. The minimum atomic E-state index is -4.82. The van der Waals surface area contributed by atoms with E-state index in [9.17, 15) is 31.9 Å². The van der Waals surface area contributed by atoms with Gasteiger partial charge in [-0.2, -0.15) is 8.78 Å². The summed E-state index contributed by atoms with van der Waals surface area (Å²) in [7, 11) is 0. The van der Waals surface area contributed by atoms with E-state index in [4.69, 9.17) is 0 Å². The molecule has 2 rings (SSSR count). The van der Waals surface area contributed by atoms with Gasteiger partial charge in [0.1, 0.15) is 5.75 Å². The molecule has 1 aliphatic rings. The Morgan fingerprint density at radius 2 is 1.83 bits per heavy atom. The lowest BCUT2D eigenvalue weighted by Gasteiger charge is -2.16. The second-order valence-electron chi connectivity index (χ2n) is 5.21. The Morgan fingerprint density at radius 3 is 2.38 bits per heavy atom. The topological polar surface area (TPSA) is 67.8 Å². The Hall–Kier alpha value is -1.94. The predicted octanol–water partition coefficient (Wildman–Crippen LogP) is 2.45. The van der Waals surface area contributed by atoms with Crippen molar-refractivity contribution in [2.75, 3.05) is 0 Å². The van der Waals surface area contributed by atoms with Crippen LogP contribution in [-0.2, 0) is 4.74 Å². The van der Waals surface area contributed by atoms with Gasteiger partial charge < -0.3 is 15.2 Å². The first-order valence-corrected chi connectivity index (χ1v) is 6.92. The number of carbonyl (C=O) groups is 1. The van der Waals surface area contributed by atoms with Gasteiger partial charge in [-0.05, 0) is 30.7 Å². The number of nitrogens with one attached hydrogen (secondary N) is 1. The number of alkyl halides is 5. The summed E-state index contributed by atoms with van der Waals surface area (Å²) in [4.78, 5) is 12.0. The molecule has 1 amide bonds. The number of aliphatic hydroxyl groups is 1. The maximum Gasteiger partial charge on any atom is 0.522 e. The van der Waals surface area contributed by atoms with Crippen LogP contribution >= 0.6 is 0 Å². The van der Waals surface area contributed by atoms with Crippen LogP contribution in [0.15, 0.2) is 24.3 Å². The van der Waals surface area contributed by atoms with E-state index < -0.39 is 37.1 Å². The second kappa shape index (κ2) is 7.31. The van der Waals surface area contributed by atoms with E-state index in [1.54, 1.807) is 0 Å². The van der Waals surface area contributed by atoms with Crippen molar-refractivity contribution >= 4 is 5.91 Å². The number of hydrogen-bond acceptors (Lipinski definition) is 4. The zero-order valence-electron chi connectivity index (χ0n) is 12.1. The van der Waals surface area contributed by atoms with Crippen molar-refractivity contribution in [1.82, 2.24) is 5.32 Å². The molecule has 2 N–H and O–H groups in total. The summed E-state index contributed by atoms with van der Waals surface area (Å²) in [6, 6.07) is 3.85. The minimum Gasteiger partial charge on any atom is -0.435 e. The molecular formula is C14H14F5NO4. The van der Waals surface area contributed by atoms with Gasteiger partial charge in [0.2, 0.25) is 0 Å². The molecule has 1 aromatic carbocycles. The van der Waals surface area contributed by atoms with Gasteiger partial charge in [0.05, 0.1) is 18.2 Å². The number of hydrogen-bond donors (Lipinski definition) is 2. The fourth-order valence-corrected chi connectivity index (χ4v) is 2.45. The number of aliphatic hydroxyl groups excluding tert-OH is 1. The van der Waals surface area contributed by atoms with E-state index in [0.29, 0.717) is 0 Å². The van der Waals surface area contributed by atoms with Gasteiger partial charge in [0.15, 0.2) is 0 Å². The molecular weight excluding hydrogens is 341 g/mol. The van der Waals surface area contributed by atoms with Gasteiger partial charge in [-0.3, -0.25) is 9.53 Å². The average molecular weight is 355 g/mol. The third-order valence-electron chi connectivity index (χ3n) is 3.44. The molecule has 5 nitrogen and oxygen atoms in total. The van der Waals surface area contributed by atoms with Crippen molar-refractivity contribution in [1.29, 1.82) is 0 Å². The maximum atomic E-state index is 12.2. The summed E-state index contributed by atoms with van der Waals surface area (Å²) in [6.07, 6.45) is -7.69. The Morgan fingerprint density at radius 1 is 1.21 bits per heavy atom. The smallest absolute Gasteiger partial charge is 0.435 e. The molecule has 1 saturated carbocycles. The van der Waals surface area contributed by atoms with Crippen molar-refractivity contribution in [2.24, 2.45) is 0 Å². The molecule has 0 radical (unpaired) electrons. The first-order valence-electron chi connectivity index (χ1n) is 6.92. The normalized spacial score (nSPS) is 24.2. The van der Waals surface area contributed by atoms with Crippen LogP contribution in [-0.4, -0.2) is 42.2 Å². The Balaban J connectivity index is 1.92. The van der Waals surface area contributed by atoms with Crippen LogP contribution in [0.5, 0.6) is 5.75 Å². The number of carbonyl (C=O) groups excluding carboxylic acids is 1. The lowest BCUT2D eigenvalue weighted by atomic mass is 10.1. The van der Waals surface area contributed by atoms with Crippen molar-refractivity contribution in [2.45, 2.75) is 44.1 Å². The highest BCUT2D eigenvalue weighted by molar-refractivity contribution is 5.94. The lowest BCUT2D eigenvalue weighted by Crippen LogP contribution is -2.40. The molecule has 1 aromatic rings. The molecule has 0 heterocycles. The number of amides is 1. The third-order valence-corrected chi connectivity index (χ3v) is 3.44. The number of rotatable bonds is 5. The van der Waals surface area contributed by atoms with Crippen LogP contribution in [0, 0.1) is 0 Å². The molecule has 3 atom stereocenters. The molecule has 0 unspecified atom stereocenters. The van der Waals surface area contributed by atoms with Crippen LogP contribution in [0.1, 0.15) is 23.2 Å². The van der Waals surface area contributed by atoms with Crippen molar-refractivity contribution in [3.63, 3.8) is 0 Å². The summed E-state index contributed by atoms with van der Waals surface area (Å²) in [5.41, 5.74) is 0.0870. The van der Waals surface area contributed by atoms with E-state index in [1.165, 1.54) is 12.1 Å². The first kappa shape index (κ1) is 18.4. The van der Waals surface area contributed by atoms with Gasteiger partial charge in [-0.25, -0.2) is 0 Å². The van der Waals surface area contributed by atoms with Crippen molar-refractivity contribution in [3.8, 4) is 5.75 Å². The average Bonchev–Trinajstić information content (AvgIpc) is 2.76. The zero-order valence-corrected chi connectivity index (χ0v) is 12.1. The Bertz CT molecular complexity index is 563. The van der Waals surface area contributed by atoms with Crippen LogP contribution in [0.3, 0.4) is 0 Å². The van der Waals surface area contributed by atoms with Gasteiger partial charge in [-0.15, -0.1) is 13.2 Å². The SMILES string of the molecule is O=C(N[C@H]1C[C@H](OC(F)(F)F)C[C@@H]1O)c1ccc(OC(F)F)cc1. The van der Waals surface area contributed by atoms with Crippen LogP contribution < -0.4 is 10.1 Å². The molecule has 1 fully saturated rings. The molecule has 134 valence electrons. The summed E-state index contributed by atoms with van der Waals surface area (Å²) < 4.78 is 68.5. The van der Waals surface area contributed by atoms with Gasteiger partial charge in [0, 0.05) is 12.0 Å². The Kier molecular flexibility index (Phi) is 5.60. The molecule has 0 saturated heterocycles. The van der Waals surface area contributed by atoms with Crippen LogP contribution in [0.2, 0.25) is 0 Å². The molecule has 0 bridgehead atoms. The zero-order chi connectivity index (χ0) is 17.9. The summed E-state index contributed by atoms with van der Waals surface area (Å²) in [6.45, 7) is -3.00. The van der Waals surface area contributed by atoms with Crippen LogP contribution in [0.25, 0.3) is 0 Å². The standard InChI is InChI=1S/C14H14F5NO4/c15-13(16)23-8-3-1-7(2-4-8)12(22)20-10-5-9(6-11(10)21)24-14(17,18)19/h1-4,9-11,13,21H,5-6H2,(H,20,22)/t9-,10-,11-/m0/s1. The molecule has 0 aliphatic heterocycles. The quantitative estimate of drug-likeness (QED) is 0.797. The fourth-order valence-electron chi connectivity index (χ4n) is 2.45. The highest BCUT2D eigenvalue weighted by atomic mass is 19.4. The summed E-state index contributed by atoms with van der Waals surface area (Å²) in [5.74, 6) is -0.795. The largest absolute Gasteiger partial charge is 0.522 e. The van der Waals surface area contributed by atoms with E-state index in [0.717, 1.165) is 12.1 Å². The number of benzene rings is 1. The van der Waals surface area contributed by atoms with Crippen LogP contribution in [0.4, 0.5) is 22.0 Å². The lowest BCUT2D eigenvalue weighted by molar-refractivity contribution is -0.342. The summed E-state index contributed by atoms with van der Waals surface area (Å²) in [5, 5.41) is 12.1. The van der Waals surface area contributed by atoms with Gasteiger partial charge >= 0.3 is 13.0 Å². The monoisotopic (exact) mass is 355 g/mol. The fraction of sp³-hybridized carbons (Fsp3) is 0.500. The Labute approximate surface area is 133 Å². The van der Waals surface area contributed by atoms with Gasteiger partial charge in [0.25, 0.3) is 5.91 Å². The molecule has 1 aliphatic carbocycles. The highest BCUT2D eigenvalue weighted by Crippen LogP contribution is 2.29. The third kappa shape index (κ3) is 5.31. The number of ether oxygens (including phenoxy) is 2. The maximum absolute atomic E-state index is 12.2. The predicted molar refractivity (Wildman–Crippen MR) is 70.5 cm³/mol. The van der Waals surface area contributed by atoms with E-state index in [2.05, 4.69) is 14.8 Å². The van der Waals surface area contributed by atoms with Gasteiger partial charge in [-0.1, -0.05) is 0 Å². The van der Waals surface area contributed by atoms with E-state index in [-0.39, 0.29) is 24.2 Å². The minimum absolute atomic E-state index is 0.0870. The number of halogens is 5. The van der Waals surface area contributed by atoms with E-state index in [1.807, 2.05) is 0 Å². The summed E-state index contributed by atoms with van der Waals surface area (Å²) >= 11 is 0. The molecule has 0 spiro atoms. The molecule has 24 heavy (non-hydrogen) atoms. The van der Waals surface area contributed by atoms with E-state index >= 15 is 0 Å².